The topological polar surface area (TPSA) is 84.3 Å². The molecular formula is C17H22N4O3S. The van der Waals surface area contributed by atoms with Gasteiger partial charge in [0.25, 0.3) is 0 Å². The number of aromatic nitrogens is 2. The minimum Gasteiger partial charge on any atom is -0.326 e. The Kier molecular flexibility index (Phi) is 5.19. The summed E-state index contributed by atoms with van der Waals surface area (Å²) in [5.41, 5.74) is 1.61. The van der Waals surface area contributed by atoms with Gasteiger partial charge >= 0.3 is 0 Å². The first-order valence-electron chi connectivity index (χ1n) is 8.27. The van der Waals surface area contributed by atoms with Crippen LogP contribution in [0.15, 0.2) is 42.7 Å². The smallest absolute Gasteiger partial charge is 0.224 e. The average Bonchev–Trinajstić information content (AvgIpc) is 3.09. The summed E-state index contributed by atoms with van der Waals surface area (Å²) < 4.78 is 26.3. The molecule has 1 aliphatic heterocycles. The third-order valence-corrected chi connectivity index (χ3v) is 5.72. The lowest BCUT2D eigenvalue weighted by atomic mass is 9.94. The minimum absolute atomic E-state index is 0.0459. The van der Waals surface area contributed by atoms with Crippen LogP contribution in [0.2, 0.25) is 0 Å². The molecule has 7 nitrogen and oxygen atoms in total. The van der Waals surface area contributed by atoms with Crippen molar-refractivity contribution in [3.8, 4) is 5.69 Å². The van der Waals surface area contributed by atoms with Crippen LogP contribution in [0.1, 0.15) is 19.3 Å². The van der Waals surface area contributed by atoms with Crippen LogP contribution < -0.4 is 5.32 Å². The number of anilines is 1. The first kappa shape index (κ1) is 17.6. The zero-order chi connectivity index (χ0) is 17.9. The lowest BCUT2D eigenvalue weighted by Crippen LogP contribution is -2.38. The number of benzene rings is 1. The third kappa shape index (κ3) is 4.67. The van der Waals surface area contributed by atoms with Crippen LogP contribution in [0.3, 0.4) is 0 Å². The Bertz CT molecular complexity index is 825. The summed E-state index contributed by atoms with van der Waals surface area (Å²) in [4.78, 5) is 12.3. The summed E-state index contributed by atoms with van der Waals surface area (Å²) in [6.45, 7) is 0.983. The Hall–Kier alpha value is -2.19. The number of rotatable bonds is 5. The van der Waals surface area contributed by atoms with Crippen LogP contribution in [0.4, 0.5) is 5.69 Å². The number of sulfonamides is 1. The van der Waals surface area contributed by atoms with Gasteiger partial charge in [-0.3, -0.25) is 4.79 Å². The number of hydrogen-bond donors (Lipinski definition) is 1. The third-order valence-electron chi connectivity index (χ3n) is 4.42. The molecule has 1 saturated heterocycles. The zero-order valence-electron chi connectivity index (χ0n) is 14.1. The molecule has 0 aliphatic carbocycles. The summed E-state index contributed by atoms with van der Waals surface area (Å²) in [5.74, 6) is 0.169. The van der Waals surface area contributed by atoms with Crippen molar-refractivity contribution in [3.05, 3.63) is 42.7 Å². The second kappa shape index (κ2) is 7.37. The molecule has 1 fully saturated rings. The van der Waals surface area contributed by atoms with Crippen molar-refractivity contribution in [2.75, 3.05) is 24.7 Å². The summed E-state index contributed by atoms with van der Waals surface area (Å²) >= 11 is 0. The molecule has 0 atom stereocenters. The van der Waals surface area contributed by atoms with Crippen LogP contribution in [0.25, 0.3) is 5.69 Å². The van der Waals surface area contributed by atoms with Gasteiger partial charge in [-0.15, -0.1) is 0 Å². The van der Waals surface area contributed by atoms with Crippen LogP contribution in [-0.4, -0.2) is 47.8 Å². The molecule has 1 aliphatic rings. The standard InChI is InChI=1S/C17H22N4O3S/c1-25(23,24)20-10-6-14(7-11-20)12-17(22)19-15-4-2-5-16(13-15)21-9-3-8-18-21/h2-5,8-9,13-14H,6-7,10-12H2,1H3,(H,19,22). The first-order chi connectivity index (χ1) is 11.9. The lowest BCUT2D eigenvalue weighted by molar-refractivity contribution is -0.117. The maximum atomic E-state index is 12.3. The van der Waals surface area contributed by atoms with E-state index in [9.17, 15) is 13.2 Å². The molecule has 0 radical (unpaired) electrons. The van der Waals surface area contributed by atoms with E-state index in [4.69, 9.17) is 0 Å². The number of piperidine rings is 1. The van der Waals surface area contributed by atoms with E-state index in [-0.39, 0.29) is 11.8 Å². The highest BCUT2D eigenvalue weighted by molar-refractivity contribution is 7.88. The SMILES string of the molecule is CS(=O)(=O)N1CCC(CC(=O)Nc2cccc(-n3cccn3)c2)CC1. The van der Waals surface area contributed by atoms with Crippen molar-refractivity contribution in [1.29, 1.82) is 0 Å². The van der Waals surface area contributed by atoms with Crippen molar-refractivity contribution >= 4 is 21.6 Å². The van der Waals surface area contributed by atoms with Crippen LogP contribution in [0, 0.1) is 5.92 Å². The minimum atomic E-state index is -3.13. The fourth-order valence-electron chi connectivity index (χ4n) is 3.07. The maximum Gasteiger partial charge on any atom is 0.224 e. The molecule has 25 heavy (non-hydrogen) atoms. The maximum absolute atomic E-state index is 12.3. The summed E-state index contributed by atoms with van der Waals surface area (Å²) in [6.07, 6.45) is 6.61. The van der Waals surface area contributed by atoms with E-state index in [2.05, 4.69) is 10.4 Å². The van der Waals surface area contributed by atoms with Crippen molar-refractivity contribution in [2.45, 2.75) is 19.3 Å². The number of nitrogens with one attached hydrogen (secondary N) is 1. The molecule has 0 spiro atoms. The van der Waals surface area contributed by atoms with Crippen molar-refractivity contribution in [3.63, 3.8) is 0 Å². The van der Waals surface area contributed by atoms with Gasteiger partial charge in [-0.2, -0.15) is 5.10 Å². The number of carbonyl (C=O) groups excluding carboxylic acids is 1. The Morgan fingerprint density at radius 3 is 2.68 bits per heavy atom. The van der Waals surface area contributed by atoms with Gasteiger partial charge in [0.2, 0.25) is 15.9 Å². The Labute approximate surface area is 147 Å². The van der Waals surface area contributed by atoms with Crippen molar-refractivity contribution < 1.29 is 13.2 Å². The fraction of sp³-hybridized carbons (Fsp3) is 0.412. The van der Waals surface area contributed by atoms with Gasteiger partial charge < -0.3 is 5.32 Å². The van der Waals surface area contributed by atoms with E-state index < -0.39 is 10.0 Å². The van der Waals surface area contributed by atoms with Gasteiger partial charge in [-0.25, -0.2) is 17.4 Å². The highest BCUT2D eigenvalue weighted by atomic mass is 32.2. The molecule has 0 saturated carbocycles. The Morgan fingerprint density at radius 2 is 2.04 bits per heavy atom. The zero-order valence-corrected chi connectivity index (χ0v) is 14.9. The second-order valence-corrected chi connectivity index (χ2v) is 8.34. The molecule has 134 valence electrons. The highest BCUT2D eigenvalue weighted by Crippen LogP contribution is 2.23. The van der Waals surface area contributed by atoms with Gasteiger partial charge in [0.1, 0.15) is 0 Å². The predicted molar refractivity (Wildman–Crippen MR) is 96.0 cm³/mol. The van der Waals surface area contributed by atoms with Gasteiger partial charge in [0.15, 0.2) is 0 Å². The average molecular weight is 362 g/mol. The first-order valence-corrected chi connectivity index (χ1v) is 10.1. The van der Waals surface area contributed by atoms with Gasteiger partial charge in [-0.1, -0.05) is 6.07 Å². The van der Waals surface area contributed by atoms with E-state index in [1.54, 1.807) is 10.9 Å². The molecule has 2 heterocycles. The molecular weight excluding hydrogens is 340 g/mol. The van der Waals surface area contributed by atoms with Crippen molar-refractivity contribution in [1.82, 2.24) is 14.1 Å². The van der Waals surface area contributed by atoms with E-state index in [0.717, 1.165) is 11.4 Å². The summed E-state index contributed by atoms with van der Waals surface area (Å²) in [7, 11) is -3.13. The predicted octanol–water partition coefficient (Wildman–Crippen LogP) is 1.87. The summed E-state index contributed by atoms with van der Waals surface area (Å²) in [5, 5.41) is 7.10. The lowest BCUT2D eigenvalue weighted by Gasteiger charge is -2.29. The largest absolute Gasteiger partial charge is 0.326 e. The van der Waals surface area contributed by atoms with Gasteiger partial charge in [-0.05, 0) is 43.0 Å². The van der Waals surface area contributed by atoms with Gasteiger partial charge in [0, 0.05) is 37.6 Å². The Balaban J connectivity index is 1.54. The van der Waals surface area contributed by atoms with E-state index in [1.165, 1.54) is 10.6 Å². The summed E-state index contributed by atoms with van der Waals surface area (Å²) in [6, 6.07) is 9.35. The molecule has 3 rings (SSSR count). The van der Waals surface area contributed by atoms with Crippen LogP contribution in [0.5, 0.6) is 0 Å². The number of amides is 1. The van der Waals surface area contributed by atoms with Crippen LogP contribution >= 0.6 is 0 Å². The molecule has 8 heteroatoms. The van der Waals surface area contributed by atoms with E-state index in [1.807, 2.05) is 36.5 Å². The quantitative estimate of drug-likeness (QED) is 0.880. The molecule has 1 amide bonds. The molecule has 1 aromatic heterocycles. The van der Waals surface area contributed by atoms with E-state index in [0.29, 0.717) is 32.4 Å². The molecule has 1 N–H and O–H groups in total. The number of nitrogens with zero attached hydrogens (tertiary/aromatic N) is 3. The normalized spacial score (nSPS) is 16.7. The second-order valence-electron chi connectivity index (χ2n) is 6.36. The molecule has 1 aromatic carbocycles. The Morgan fingerprint density at radius 1 is 1.28 bits per heavy atom. The van der Waals surface area contributed by atoms with Gasteiger partial charge in [0.05, 0.1) is 11.9 Å². The van der Waals surface area contributed by atoms with E-state index >= 15 is 0 Å². The molecule has 0 bridgehead atoms. The number of carbonyl (C=O) groups is 1. The number of hydrogen-bond acceptors (Lipinski definition) is 4. The van der Waals surface area contributed by atoms with Crippen LogP contribution in [-0.2, 0) is 14.8 Å². The molecule has 2 aromatic rings. The van der Waals surface area contributed by atoms with Crippen molar-refractivity contribution in [2.24, 2.45) is 5.92 Å². The molecule has 0 unspecified atom stereocenters. The monoisotopic (exact) mass is 362 g/mol. The fourth-order valence-corrected chi connectivity index (χ4v) is 3.94. The highest BCUT2D eigenvalue weighted by Gasteiger charge is 2.26.